The van der Waals surface area contributed by atoms with Gasteiger partial charge in [0.25, 0.3) is 0 Å². The van der Waals surface area contributed by atoms with Gasteiger partial charge in [0.05, 0.1) is 38.1 Å². The van der Waals surface area contributed by atoms with Crippen molar-refractivity contribution in [2.75, 3.05) is 13.7 Å². The lowest BCUT2D eigenvalue weighted by Gasteiger charge is -2.41. The highest BCUT2D eigenvalue weighted by atomic mass is 16.6. The molecule has 0 aromatic rings. The van der Waals surface area contributed by atoms with E-state index in [1.807, 2.05) is 6.92 Å². The molecule has 0 aliphatic carbocycles. The third-order valence-electron chi connectivity index (χ3n) is 4.38. The number of hydrogen-bond donors (Lipinski definition) is 1. The van der Waals surface area contributed by atoms with Crippen molar-refractivity contribution in [3.63, 3.8) is 0 Å². The number of methoxy groups -OCH3 is 1. The van der Waals surface area contributed by atoms with E-state index in [0.717, 1.165) is 12.8 Å². The van der Waals surface area contributed by atoms with Crippen molar-refractivity contribution in [3.05, 3.63) is 12.2 Å². The van der Waals surface area contributed by atoms with E-state index in [2.05, 4.69) is 10.8 Å². The zero-order chi connectivity index (χ0) is 16.2. The molecule has 0 amide bonds. The van der Waals surface area contributed by atoms with Crippen LogP contribution in [0.4, 0.5) is 0 Å². The molecule has 2 fully saturated rings. The summed E-state index contributed by atoms with van der Waals surface area (Å²) in [5.41, 5.74) is -0.733. The van der Waals surface area contributed by atoms with Crippen LogP contribution in [0.15, 0.2) is 12.2 Å². The minimum Gasteiger partial charge on any atom is -0.466 e. The van der Waals surface area contributed by atoms with Gasteiger partial charge >= 0.3 is 5.97 Å². The van der Waals surface area contributed by atoms with Gasteiger partial charge in [-0.25, -0.2) is 4.79 Å². The van der Waals surface area contributed by atoms with Crippen molar-refractivity contribution in [1.29, 1.82) is 5.26 Å². The molecule has 5 atom stereocenters. The quantitative estimate of drug-likeness (QED) is 0.609. The van der Waals surface area contributed by atoms with Gasteiger partial charge in [-0.3, -0.25) is 0 Å². The maximum Gasteiger partial charge on any atom is 0.330 e. The van der Waals surface area contributed by atoms with E-state index in [1.54, 1.807) is 6.08 Å². The van der Waals surface area contributed by atoms with Crippen LogP contribution in [0.1, 0.15) is 32.6 Å². The summed E-state index contributed by atoms with van der Waals surface area (Å²) in [7, 11) is 1.32. The number of rotatable bonds is 5. The minimum atomic E-state index is -0.733. The van der Waals surface area contributed by atoms with Crippen LogP contribution in [0.3, 0.4) is 0 Å². The van der Waals surface area contributed by atoms with E-state index in [0.29, 0.717) is 12.8 Å². The van der Waals surface area contributed by atoms with E-state index in [9.17, 15) is 9.90 Å². The number of esters is 1. The van der Waals surface area contributed by atoms with Crippen LogP contribution in [-0.4, -0.2) is 48.7 Å². The first-order valence-corrected chi connectivity index (χ1v) is 7.63. The van der Waals surface area contributed by atoms with Gasteiger partial charge in [0.1, 0.15) is 5.60 Å². The molecule has 2 rings (SSSR count). The Balaban J connectivity index is 2.01. The highest BCUT2D eigenvalue weighted by Gasteiger charge is 2.52. The molecule has 0 radical (unpaired) electrons. The standard InChI is InChI=1S/C16H23NO5/c1-11(9-17)7-12-3-5-14-16(10-18,22-12)8-13(21-14)4-6-15(19)20-2/h4,6,11-14,18H,3,5,7-8,10H2,1-2H3/b6-4+/t11-,12-,13+,14+,16-/m1/s1. The highest BCUT2D eigenvalue weighted by Crippen LogP contribution is 2.42. The maximum atomic E-state index is 11.2. The molecule has 6 heteroatoms. The van der Waals surface area contributed by atoms with Gasteiger partial charge in [-0.2, -0.15) is 5.26 Å². The van der Waals surface area contributed by atoms with Gasteiger partial charge in [0, 0.05) is 18.4 Å². The van der Waals surface area contributed by atoms with Crippen LogP contribution in [0.25, 0.3) is 0 Å². The van der Waals surface area contributed by atoms with Crippen LogP contribution in [0.2, 0.25) is 0 Å². The molecule has 0 saturated carbocycles. The molecule has 22 heavy (non-hydrogen) atoms. The van der Waals surface area contributed by atoms with E-state index in [1.165, 1.54) is 13.2 Å². The van der Waals surface area contributed by atoms with Crippen molar-refractivity contribution < 1.29 is 24.1 Å². The summed E-state index contributed by atoms with van der Waals surface area (Å²) in [5, 5.41) is 18.7. The van der Waals surface area contributed by atoms with Gasteiger partial charge < -0.3 is 19.3 Å². The summed E-state index contributed by atoms with van der Waals surface area (Å²) in [6.07, 6.45) is 5.25. The second-order valence-corrected chi connectivity index (χ2v) is 6.06. The molecule has 0 aromatic heterocycles. The van der Waals surface area contributed by atoms with E-state index in [-0.39, 0.29) is 30.8 Å². The molecule has 0 aromatic carbocycles. The predicted molar refractivity (Wildman–Crippen MR) is 77.8 cm³/mol. The molecule has 2 saturated heterocycles. The normalized spacial score (nSPS) is 35.8. The Hall–Kier alpha value is -1.42. The molecular weight excluding hydrogens is 286 g/mol. The maximum absolute atomic E-state index is 11.2. The number of ether oxygens (including phenoxy) is 3. The first-order chi connectivity index (χ1) is 10.5. The smallest absolute Gasteiger partial charge is 0.330 e. The lowest BCUT2D eigenvalue weighted by atomic mass is 9.85. The van der Waals surface area contributed by atoms with E-state index < -0.39 is 11.6 Å². The van der Waals surface area contributed by atoms with Crippen LogP contribution < -0.4 is 0 Å². The Morgan fingerprint density at radius 2 is 2.36 bits per heavy atom. The molecule has 0 spiro atoms. The third-order valence-corrected chi connectivity index (χ3v) is 4.38. The van der Waals surface area contributed by atoms with Crippen LogP contribution in [0, 0.1) is 17.2 Å². The lowest BCUT2D eigenvalue weighted by molar-refractivity contribution is -0.184. The molecule has 122 valence electrons. The molecule has 2 aliphatic rings. The fourth-order valence-corrected chi connectivity index (χ4v) is 3.22. The summed E-state index contributed by atoms with van der Waals surface area (Å²) < 4.78 is 16.6. The number of aliphatic hydroxyl groups excluding tert-OH is 1. The number of carbonyl (C=O) groups is 1. The monoisotopic (exact) mass is 309 g/mol. The highest BCUT2D eigenvalue weighted by molar-refractivity contribution is 5.81. The zero-order valence-corrected chi connectivity index (χ0v) is 13.0. The fraction of sp³-hybridized carbons (Fsp3) is 0.750. The summed E-state index contributed by atoms with van der Waals surface area (Å²) in [5.74, 6) is -0.507. The lowest BCUT2D eigenvalue weighted by Crippen LogP contribution is -2.51. The number of fused-ring (bicyclic) bond motifs is 1. The first-order valence-electron chi connectivity index (χ1n) is 7.63. The van der Waals surface area contributed by atoms with Crippen LogP contribution in [0.5, 0.6) is 0 Å². The fourth-order valence-electron chi connectivity index (χ4n) is 3.22. The average molecular weight is 309 g/mol. The Bertz CT molecular complexity index is 472. The summed E-state index contributed by atoms with van der Waals surface area (Å²) in [4.78, 5) is 11.2. The van der Waals surface area contributed by atoms with Crippen LogP contribution in [-0.2, 0) is 19.0 Å². The third kappa shape index (κ3) is 3.67. The molecule has 0 bridgehead atoms. The Morgan fingerprint density at radius 3 is 3.00 bits per heavy atom. The second-order valence-electron chi connectivity index (χ2n) is 6.06. The van der Waals surface area contributed by atoms with Crippen LogP contribution >= 0.6 is 0 Å². The molecule has 6 nitrogen and oxygen atoms in total. The molecule has 2 heterocycles. The van der Waals surface area contributed by atoms with Crippen molar-refractivity contribution in [2.24, 2.45) is 5.92 Å². The number of nitriles is 1. The number of carbonyl (C=O) groups excluding carboxylic acids is 1. The summed E-state index contributed by atoms with van der Waals surface area (Å²) in [6.45, 7) is 1.74. The molecule has 1 N–H and O–H groups in total. The molecule has 2 aliphatic heterocycles. The van der Waals surface area contributed by atoms with Gasteiger partial charge in [0.15, 0.2) is 0 Å². The largest absolute Gasteiger partial charge is 0.466 e. The van der Waals surface area contributed by atoms with Crippen molar-refractivity contribution in [1.82, 2.24) is 0 Å². The number of hydrogen-bond acceptors (Lipinski definition) is 6. The van der Waals surface area contributed by atoms with E-state index >= 15 is 0 Å². The number of nitrogens with zero attached hydrogens (tertiary/aromatic N) is 1. The minimum absolute atomic E-state index is 0.0370. The van der Waals surface area contributed by atoms with Gasteiger partial charge in [-0.15, -0.1) is 0 Å². The predicted octanol–water partition coefficient (Wildman–Crippen LogP) is 1.33. The average Bonchev–Trinajstić information content (AvgIpc) is 2.90. The second kappa shape index (κ2) is 7.23. The Morgan fingerprint density at radius 1 is 1.59 bits per heavy atom. The first kappa shape index (κ1) is 16.9. The summed E-state index contributed by atoms with van der Waals surface area (Å²) in [6, 6.07) is 2.21. The van der Waals surface area contributed by atoms with E-state index in [4.69, 9.17) is 14.7 Å². The summed E-state index contributed by atoms with van der Waals surface area (Å²) >= 11 is 0. The van der Waals surface area contributed by atoms with Gasteiger partial charge in [-0.1, -0.05) is 0 Å². The zero-order valence-electron chi connectivity index (χ0n) is 13.0. The van der Waals surface area contributed by atoms with Gasteiger partial charge in [0.2, 0.25) is 0 Å². The Kier molecular flexibility index (Phi) is 5.57. The molecular formula is C16H23NO5. The van der Waals surface area contributed by atoms with Crippen molar-refractivity contribution in [2.45, 2.75) is 56.5 Å². The van der Waals surface area contributed by atoms with Crippen molar-refractivity contribution in [3.8, 4) is 6.07 Å². The Labute approximate surface area is 130 Å². The SMILES string of the molecule is COC(=O)/C=C/[C@H]1C[C@]2(CO)O[C@@H](C[C@@H](C)C#N)CC[C@@H]2O1. The van der Waals surface area contributed by atoms with Gasteiger partial charge in [-0.05, 0) is 32.3 Å². The number of aliphatic hydroxyl groups is 1. The van der Waals surface area contributed by atoms with Crippen molar-refractivity contribution >= 4 is 5.97 Å². The molecule has 0 unspecified atom stereocenters. The topological polar surface area (TPSA) is 88.8 Å².